The lowest BCUT2D eigenvalue weighted by atomic mass is 9.98. The van der Waals surface area contributed by atoms with Crippen molar-refractivity contribution >= 4 is 11.7 Å². The van der Waals surface area contributed by atoms with Crippen molar-refractivity contribution < 1.29 is 9.53 Å². The zero-order valence-corrected chi connectivity index (χ0v) is 9.93. The van der Waals surface area contributed by atoms with Gasteiger partial charge in [-0.15, -0.1) is 0 Å². The second-order valence-corrected chi connectivity index (χ2v) is 4.10. The Hall–Kier alpha value is -2.02. The van der Waals surface area contributed by atoms with Crippen molar-refractivity contribution in [3.63, 3.8) is 0 Å². The molecule has 0 aromatic heterocycles. The lowest BCUT2D eigenvalue weighted by molar-refractivity contribution is -0.143. The Bertz CT molecular complexity index is 491. The highest BCUT2D eigenvalue weighted by Crippen LogP contribution is 2.31. The molecule has 2 rings (SSSR count). The Morgan fingerprint density at radius 1 is 1.59 bits per heavy atom. The molecule has 0 amide bonds. The first kappa shape index (κ1) is 11.5. The van der Waals surface area contributed by atoms with Crippen LogP contribution in [0, 0.1) is 18.3 Å². The Balaban J connectivity index is 2.33. The van der Waals surface area contributed by atoms with Crippen molar-refractivity contribution in [2.45, 2.75) is 19.4 Å². The van der Waals surface area contributed by atoms with Gasteiger partial charge in [0.2, 0.25) is 0 Å². The van der Waals surface area contributed by atoms with Crippen LogP contribution in [0.2, 0.25) is 0 Å². The van der Waals surface area contributed by atoms with Crippen LogP contribution < -0.4 is 4.90 Å². The summed E-state index contributed by atoms with van der Waals surface area (Å²) in [5.41, 5.74) is 2.40. The molecular formula is C13H14N2O2. The molecule has 0 aliphatic carbocycles. The number of methoxy groups -OCH3 is 1. The van der Waals surface area contributed by atoms with E-state index < -0.39 is 0 Å². The highest BCUT2D eigenvalue weighted by atomic mass is 16.5. The SMILES string of the molecule is COC(=O)C1CCN1c1cccc(C)c1C#N. The molecule has 1 saturated heterocycles. The van der Waals surface area contributed by atoms with Crippen LogP contribution in [0.25, 0.3) is 0 Å². The Morgan fingerprint density at radius 3 is 2.88 bits per heavy atom. The van der Waals surface area contributed by atoms with Crippen molar-refractivity contribution in [2.75, 3.05) is 18.6 Å². The molecule has 0 N–H and O–H groups in total. The number of hydrogen-bond acceptors (Lipinski definition) is 4. The van der Waals surface area contributed by atoms with Crippen LogP contribution in [0.5, 0.6) is 0 Å². The first-order valence-corrected chi connectivity index (χ1v) is 5.53. The van der Waals surface area contributed by atoms with Crippen LogP contribution in [0.15, 0.2) is 18.2 Å². The van der Waals surface area contributed by atoms with Gasteiger partial charge in [-0.25, -0.2) is 4.79 Å². The quantitative estimate of drug-likeness (QED) is 0.724. The zero-order valence-electron chi connectivity index (χ0n) is 9.93. The van der Waals surface area contributed by atoms with Gasteiger partial charge in [0.1, 0.15) is 12.1 Å². The molecule has 0 bridgehead atoms. The van der Waals surface area contributed by atoms with Gasteiger partial charge in [-0.2, -0.15) is 5.26 Å². The summed E-state index contributed by atoms with van der Waals surface area (Å²) < 4.78 is 4.75. The molecule has 0 spiro atoms. The number of rotatable bonds is 2. The van der Waals surface area contributed by atoms with Crippen LogP contribution in [0.1, 0.15) is 17.5 Å². The van der Waals surface area contributed by atoms with E-state index in [0.29, 0.717) is 5.56 Å². The van der Waals surface area contributed by atoms with Gasteiger partial charge in [0.15, 0.2) is 0 Å². The molecule has 1 aromatic rings. The van der Waals surface area contributed by atoms with E-state index in [2.05, 4.69) is 6.07 Å². The molecule has 17 heavy (non-hydrogen) atoms. The van der Waals surface area contributed by atoms with Gasteiger partial charge >= 0.3 is 5.97 Å². The first-order valence-electron chi connectivity index (χ1n) is 5.53. The Morgan fingerprint density at radius 2 is 2.35 bits per heavy atom. The maximum Gasteiger partial charge on any atom is 0.328 e. The van der Waals surface area contributed by atoms with Crippen molar-refractivity contribution in [1.29, 1.82) is 5.26 Å². The minimum Gasteiger partial charge on any atom is -0.467 e. The molecule has 1 fully saturated rings. The van der Waals surface area contributed by atoms with E-state index in [1.54, 1.807) is 0 Å². The third kappa shape index (κ3) is 1.84. The Labute approximate surface area is 100 Å². The van der Waals surface area contributed by atoms with Crippen LogP contribution >= 0.6 is 0 Å². The third-order valence-corrected chi connectivity index (χ3v) is 3.16. The van der Waals surface area contributed by atoms with Gasteiger partial charge in [0, 0.05) is 6.54 Å². The number of aryl methyl sites for hydroxylation is 1. The number of carbonyl (C=O) groups excluding carboxylic acids is 1. The van der Waals surface area contributed by atoms with E-state index in [4.69, 9.17) is 10.00 Å². The highest BCUT2D eigenvalue weighted by Gasteiger charge is 2.36. The topological polar surface area (TPSA) is 53.3 Å². The normalized spacial score (nSPS) is 18.2. The summed E-state index contributed by atoms with van der Waals surface area (Å²) in [5.74, 6) is -0.235. The standard InChI is InChI=1S/C13H14N2O2/c1-9-4-3-5-11(10(9)8-14)15-7-6-12(15)13(16)17-2/h3-5,12H,6-7H2,1-2H3. The summed E-state index contributed by atoms with van der Waals surface area (Å²) in [6, 6.07) is 7.63. The molecule has 4 nitrogen and oxygen atoms in total. The lowest BCUT2D eigenvalue weighted by Gasteiger charge is -2.41. The molecule has 0 saturated carbocycles. The van der Waals surface area contributed by atoms with Gasteiger partial charge in [0.25, 0.3) is 0 Å². The maximum absolute atomic E-state index is 11.5. The number of esters is 1. The van der Waals surface area contributed by atoms with Crippen molar-refractivity contribution in [1.82, 2.24) is 0 Å². The van der Waals surface area contributed by atoms with E-state index in [1.165, 1.54) is 7.11 Å². The van der Waals surface area contributed by atoms with Gasteiger partial charge in [0.05, 0.1) is 18.4 Å². The molecular weight excluding hydrogens is 216 g/mol. The number of anilines is 1. The number of benzene rings is 1. The van der Waals surface area contributed by atoms with Crippen molar-refractivity contribution in [3.8, 4) is 6.07 Å². The number of hydrogen-bond donors (Lipinski definition) is 0. The number of ether oxygens (including phenoxy) is 1. The second kappa shape index (κ2) is 4.46. The molecule has 0 radical (unpaired) electrons. The first-order chi connectivity index (χ1) is 8.19. The second-order valence-electron chi connectivity index (χ2n) is 4.10. The molecule has 88 valence electrons. The van der Waals surface area contributed by atoms with Crippen LogP contribution in [-0.4, -0.2) is 25.7 Å². The van der Waals surface area contributed by atoms with Gasteiger partial charge < -0.3 is 9.64 Å². The van der Waals surface area contributed by atoms with Crippen LogP contribution in [0.3, 0.4) is 0 Å². The van der Waals surface area contributed by atoms with E-state index in [-0.39, 0.29) is 12.0 Å². The van der Waals surface area contributed by atoms with E-state index >= 15 is 0 Å². The molecule has 1 aliphatic rings. The summed E-state index contributed by atoms with van der Waals surface area (Å²) in [4.78, 5) is 13.4. The largest absolute Gasteiger partial charge is 0.467 e. The van der Waals surface area contributed by atoms with Crippen LogP contribution in [0.4, 0.5) is 5.69 Å². The highest BCUT2D eigenvalue weighted by molar-refractivity contribution is 5.83. The average Bonchev–Trinajstić information content (AvgIpc) is 2.28. The minimum atomic E-state index is -0.242. The predicted molar refractivity (Wildman–Crippen MR) is 63.7 cm³/mol. The molecule has 1 atom stereocenters. The fourth-order valence-electron chi connectivity index (χ4n) is 2.09. The van der Waals surface area contributed by atoms with Gasteiger partial charge in [-0.1, -0.05) is 12.1 Å². The minimum absolute atomic E-state index is 0.235. The number of nitriles is 1. The summed E-state index contributed by atoms with van der Waals surface area (Å²) >= 11 is 0. The van der Waals surface area contributed by atoms with Gasteiger partial charge in [-0.05, 0) is 25.0 Å². The lowest BCUT2D eigenvalue weighted by Crippen LogP contribution is -2.53. The average molecular weight is 230 g/mol. The molecule has 1 unspecified atom stereocenters. The molecule has 1 heterocycles. The molecule has 1 aliphatic heterocycles. The number of nitrogens with zero attached hydrogens (tertiary/aromatic N) is 2. The fraction of sp³-hybridized carbons (Fsp3) is 0.385. The third-order valence-electron chi connectivity index (χ3n) is 3.16. The summed E-state index contributed by atoms with van der Waals surface area (Å²) in [5, 5.41) is 9.16. The smallest absolute Gasteiger partial charge is 0.328 e. The number of carbonyl (C=O) groups is 1. The molecule has 1 aromatic carbocycles. The van der Waals surface area contributed by atoms with E-state index in [1.807, 2.05) is 30.0 Å². The summed E-state index contributed by atoms with van der Waals surface area (Å²) in [7, 11) is 1.39. The van der Waals surface area contributed by atoms with Crippen molar-refractivity contribution in [2.24, 2.45) is 0 Å². The molecule has 4 heteroatoms. The fourth-order valence-corrected chi connectivity index (χ4v) is 2.09. The maximum atomic E-state index is 11.5. The van der Waals surface area contributed by atoms with E-state index in [0.717, 1.165) is 24.2 Å². The van der Waals surface area contributed by atoms with Crippen LogP contribution in [-0.2, 0) is 9.53 Å². The predicted octanol–water partition coefficient (Wildman–Crippen LogP) is 1.62. The van der Waals surface area contributed by atoms with E-state index in [9.17, 15) is 4.79 Å². The summed E-state index contributed by atoms with van der Waals surface area (Å²) in [6.45, 7) is 2.69. The zero-order chi connectivity index (χ0) is 12.4. The monoisotopic (exact) mass is 230 g/mol. The van der Waals surface area contributed by atoms with Gasteiger partial charge in [-0.3, -0.25) is 0 Å². The summed E-state index contributed by atoms with van der Waals surface area (Å²) in [6.07, 6.45) is 0.783. The van der Waals surface area contributed by atoms with Crippen molar-refractivity contribution in [3.05, 3.63) is 29.3 Å². The Kier molecular flexibility index (Phi) is 3.01.